The minimum atomic E-state index is -0.00859. The number of ether oxygens (including phenoxy) is 1. The molecule has 0 bridgehead atoms. The molecular weight excluding hydrogens is 300 g/mol. The zero-order valence-corrected chi connectivity index (χ0v) is 15.8. The van der Waals surface area contributed by atoms with Gasteiger partial charge in [-0.3, -0.25) is 0 Å². The third-order valence-corrected chi connectivity index (χ3v) is 3.76. The highest BCUT2D eigenvalue weighted by molar-refractivity contribution is 5.42. The molecular formula is C21H30O3. The minimum Gasteiger partial charge on any atom is -0.508 e. The summed E-state index contributed by atoms with van der Waals surface area (Å²) in [5, 5.41) is 18.8. The maximum absolute atomic E-state index is 9.84. The summed E-state index contributed by atoms with van der Waals surface area (Å²) in [4.78, 5) is 0. The molecule has 132 valence electrons. The Balaban J connectivity index is 0.000000272. The van der Waals surface area contributed by atoms with Crippen LogP contribution in [0.4, 0.5) is 0 Å². The molecule has 0 saturated heterocycles. The number of phenols is 2. The van der Waals surface area contributed by atoms with E-state index in [0.717, 1.165) is 5.56 Å². The molecule has 0 amide bonds. The molecule has 2 rings (SSSR count). The van der Waals surface area contributed by atoms with Crippen molar-refractivity contribution in [2.24, 2.45) is 0 Å². The van der Waals surface area contributed by atoms with Gasteiger partial charge in [0, 0.05) is 0 Å². The van der Waals surface area contributed by atoms with Crippen molar-refractivity contribution in [1.29, 1.82) is 0 Å². The van der Waals surface area contributed by atoms with E-state index in [9.17, 15) is 5.11 Å². The summed E-state index contributed by atoms with van der Waals surface area (Å²) < 4.78 is 4.79. The van der Waals surface area contributed by atoms with Gasteiger partial charge < -0.3 is 14.9 Å². The molecule has 0 atom stereocenters. The highest BCUT2D eigenvalue weighted by Gasteiger charge is 2.21. The van der Waals surface area contributed by atoms with Crippen LogP contribution in [0.3, 0.4) is 0 Å². The van der Waals surface area contributed by atoms with E-state index < -0.39 is 0 Å². The zero-order chi connectivity index (χ0) is 18.5. The van der Waals surface area contributed by atoms with Crippen molar-refractivity contribution in [3.63, 3.8) is 0 Å². The lowest BCUT2D eigenvalue weighted by Crippen LogP contribution is -2.16. The maximum Gasteiger partial charge on any atom is 0.160 e. The number of phenolic OH excluding ortho intramolecular Hbond substituents is 2. The number of benzene rings is 2. The maximum atomic E-state index is 9.84. The SMILES string of the molecule is CC(C)(C)c1ccc(O)c(C(C)(C)C)c1.COc1ccccc1O. The second-order valence-corrected chi connectivity index (χ2v) is 7.90. The van der Waals surface area contributed by atoms with Crippen molar-refractivity contribution in [2.75, 3.05) is 7.11 Å². The van der Waals surface area contributed by atoms with Gasteiger partial charge >= 0.3 is 0 Å². The van der Waals surface area contributed by atoms with E-state index >= 15 is 0 Å². The van der Waals surface area contributed by atoms with Crippen LogP contribution in [0, 0.1) is 0 Å². The van der Waals surface area contributed by atoms with Gasteiger partial charge in [-0.05, 0) is 40.2 Å². The van der Waals surface area contributed by atoms with Gasteiger partial charge in [-0.2, -0.15) is 0 Å². The minimum absolute atomic E-state index is 0.00859. The van der Waals surface area contributed by atoms with Gasteiger partial charge in [0.2, 0.25) is 0 Å². The molecule has 0 aromatic heterocycles. The lowest BCUT2D eigenvalue weighted by atomic mass is 9.80. The lowest BCUT2D eigenvalue weighted by molar-refractivity contribution is 0.373. The van der Waals surface area contributed by atoms with Crippen molar-refractivity contribution in [3.05, 3.63) is 53.6 Å². The van der Waals surface area contributed by atoms with Crippen LogP contribution in [-0.2, 0) is 10.8 Å². The highest BCUT2D eigenvalue weighted by atomic mass is 16.5. The van der Waals surface area contributed by atoms with Crippen LogP contribution in [0.1, 0.15) is 52.7 Å². The average molecular weight is 330 g/mol. The smallest absolute Gasteiger partial charge is 0.160 e. The van der Waals surface area contributed by atoms with Gasteiger partial charge in [-0.15, -0.1) is 0 Å². The summed E-state index contributed by atoms with van der Waals surface area (Å²) in [6, 6.07) is 12.8. The van der Waals surface area contributed by atoms with Crippen molar-refractivity contribution in [3.8, 4) is 17.2 Å². The Bertz CT molecular complexity index is 662. The van der Waals surface area contributed by atoms with E-state index in [0.29, 0.717) is 11.5 Å². The first-order valence-corrected chi connectivity index (χ1v) is 8.12. The molecule has 0 saturated carbocycles. The summed E-state index contributed by atoms with van der Waals surface area (Å²) in [6.07, 6.45) is 0. The zero-order valence-electron chi connectivity index (χ0n) is 15.8. The predicted molar refractivity (Wildman–Crippen MR) is 100 cm³/mol. The Morgan fingerprint density at radius 3 is 1.75 bits per heavy atom. The van der Waals surface area contributed by atoms with Crippen molar-refractivity contribution >= 4 is 0 Å². The number of methoxy groups -OCH3 is 1. The quantitative estimate of drug-likeness (QED) is 0.737. The second-order valence-electron chi connectivity index (χ2n) is 7.90. The standard InChI is InChI=1S/C14H22O.C7H8O2/c1-13(2,3)10-7-8-12(15)11(9-10)14(4,5)6;1-9-7-5-3-2-4-6(7)8/h7-9,15H,1-6H3;2-5,8H,1H3. The molecule has 24 heavy (non-hydrogen) atoms. The van der Waals surface area contributed by atoms with Gasteiger partial charge in [0.15, 0.2) is 11.5 Å². The molecule has 2 N–H and O–H groups in total. The first kappa shape index (κ1) is 19.9. The summed E-state index contributed by atoms with van der Waals surface area (Å²) in [5.41, 5.74) is 2.42. The fraction of sp³-hybridized carbons (Fsp3) is 0.429. The van der Waals surface area contributed by atoms with Gasteiger partial charge in [-0.25, -0.2) is 0 Å². The summed E-state index contributed by atoms with van der Waals surface area (Å²) >= 11 is 0. The molecule has 0 heterocycles. The van der Waals surface area contributed by atoms with Gasteiger partial charge in [0.25, 0.3) is 0 Å². The normalized spacial score (nSPS) is 11.5. The van der Waals surface area contributed by atoms with Crippen LogP contribution >= 0.6 is 0 Å². The van der Waals surface area contributed by atoms with E-state index in [1.165, 1.54) is 12.7 Å². The van der Waals surface area contributed by atoms with Crippen LogP contribution in [0.15, 0.2) is 42.5 Å². The van der Waals surface area contributed by atoms with E-state index in [-0.39, 0.29) is 16.6 Å². The van der Waals surface area contributed by atoms with Gasteiger partial charge in [0.05, 0.1) is 7.11 Å². The number of para-hydroxylation sites is 2. The summed E-state index contributed by atoms with van der Waals surface area (Å²) in [6.45, 7) is 12.9. The molecule has 2 aromatic rings. The molecule has 0 radical (unpaired) electrons. The number of hydrogen-bond acceptors (Lipinski definition) is 3. The fourth-order valence-electron chi connectivity index (χ4n) is 2.23. The van der Waals surface area contributed by atoms with E-state index in [2.05, 4.69) is 47.6 Å². The number of rotatable bonds is 1. The number of aromatic hydroxyl groups is 2. The first-order chi connectivity index (χ1) is 11.0. The average Bonchev–Trinajstić information content (AvgIpc) is 2.46. The third-order valence-electron chi connectivity index (χ3n) is 3.76. The Kier molecular flexibility index (Phi) is 6.30. The second kappa shape index (κ2) is 7.61. The Hall–Kier alpha value is -2.16. The summed E-state index contributed by atoms with van der Waals surface area (Å²) in [5.74, 6) is 1.09. The van der Waals surface area contributed by atoms with Crippen LogP contribution in [0.2, 0.25) is 0 Å². The van der Waals surface area contributed by atoms with E-state index in [1.54, 1.807) is 30.3 Å². The lowest BCUT2D eigenvalue weighted by Gasteiger charge is -2.25. The molecule has 0 spiro atoms. The van der Waals surface area contributed by atoms with E-state index in [4.69, 9.17) is 9.84 Å². The Labute approximate surface area is 145 Å². The van der Waals surface area contributed by atoms with Crippen LogP contribution in [0.5, 0.6) is 17.2 Å². The molecule has 3 heteroatoms. The van der Waals surface area contributed by atoms with Crippen LogP contribution in [-0.4, -0.2) is 17.3 Å². The van der Waals surface area contributed by atoms with Crippen molar-refractivity contribution in [2.45, 2.75) is 52.4 Å². The molecule has 2 aromatic carbocycles. The third kappa shape index (κ3) is 5.48. The van der Waals surface area contributed by atoms with Crippen LogP contribution < -0.4 is 4.74 Å². The van der Waals surface area contributed by atoms with Crippen molar-refractivity contribution < 1.29 is 14.9 Å². The van der Waals surface area contributed by atoms with Crippen LogP contribution in [0.25, 0.3) is 0 Å². The fourth-order valence-corrected chi connectivity index (χ4v) is 2.23. The van der Waals surface area contributed by atoms with E-state index in [1.807, 2.05) is 6.07 Å². The molecule has 0 aliphatic carbocycles. The molecule has 0 unspecified atom stereocenters. The van der Waals surface area contributed by atoms with Crippen molar-refractivity contribution in [1.82, 2.24) is 0 Å². The first-order valence-electron chi connectivity index (χ1n) is 8.12. The molecule has 0 aliphatic heterocycles. The molecule has 0 aliphatic rings. The van der Waals surface area contributed by atoms with Gasteiger partial charge in [0.1, 0.15) is 5.75 Å². The Morgan fingerprint density at radius 2 is 1.33 bits per heavy atom. The Morgan fingerprint density at radius 1 is 0.750 bits per heavy atom. The largest absolute Gasteiger partial charge is 0.508 e. The number of hydrogen-bond donors (Lipinski definition) is 2. The highest BCUT2D eigenvalue weighted by Crippen LogP contribution is 2.34. The topological polar surface area (TPSA) is 49.7 Å². The van der Waals surface area contributed by atoms with Gasteiger partial charge in [-0.1, -0.05) is 65.8 Å². The monoisotopic (exact) mass is 330 g/mol. The predicted octanol–water partition coefficient (Wildman–Crippen LogP) is 5.39. The summed E-state index contributed by atoms with van der Waals surface area (Å²) in [7, 11) is 1.52. The molecule has 3 nitrogen and oxygen atoms in total. The molecule has 0 fully saturated rings.